The lowest BCUT2D eigenvalue weighted by atomic mass is 10.1. The molecule has 0 nitrogen and oxygen atoms in total. The summed E-state index contributed by atoms with van der Waals surface area (Å²) < 4.78 is 2.51. The Labute approximate surface area is 205 Å². The topological polar surface area (TPSA) is 0 Å². The summed E-state index contributed by atoms with van der Waals surface area (Å²) in [6.45, 7) is 4.56. The highest BCUT2D eigenvalue weighted by molar-refractivity contribution is 9.11. The van der Waals surface area contributed by atoms with Crippen LogP contribution in [0.25, 0.3) is 19.5 Å². The van der Waals surface area contributed by atoms with Crippen LogP contribution in [0.3, 0.4) is 0 Å². The zero-order chi connectivity index (χ0) is 20.6. The summed E-state index contributed by atoms with van der Waals surface area (Å²) in [6.07, 6.45) is 12.9. The number of unbranched alkanes of at least 4 members (excludes halogenated alkanes) is 6. The molecule has 3 aromatic heterocycles. The smallest absolute Gasteiger partial charge is 0.0708 e. The normalized spacial score (nSPS) is 11.4. The van der Waals surface area contributed by atoms with Gasteiger partial charge in [-0.25, -0.2) is 0 Å². The number of halogens is 2. The molecule has 0 atom stereocenters. The number of hydrogen-bond acceptors (Lipinski definition) is 3. The average Bonchev–Trinajstić information content (AvgIpc) is 3.40. The lowest BCUT2D eigenvalue weighted by Gasteiger charge is -2.03. The molecule has 0 saturated heterocycles. The van der Waals surface area contributed by atoms with E-state index in [1.54, 1.807) is 0 Å². The van der Waals surface area contributed by atoms with Crippen molar-refractivity contribution in [1.82, 2.24) is 0 Å². The Bertz CT molecular complexity index is 817. The van der Waals surface area contributed by atoms with Crippen LogP contribution in [0.2, 0.25) is 0 Å². The van der Waals surface area contributed by atoms with E-state index in [1.807, 2.05) is 34.0 Å². The lowest BCUT2D eigenvalue weighted by Crippen LogP contribution is -1.85. The van der Waals surface area contributed by atoms with Gasteiger partial charge in [0.2, 0.25) is 0 Å². The monoisotopic (exact) mass is 572 g/mol. The molecule has 0 saturated carbocycles. The third-order valence-electron chi connectivity index (χ3n) is 5.21. The molecule has 3 aromatic rings. The third-order valence-corrected chi connectivity index (χ3v) is 10.0. The van der Waals surface area contributed by atoms with Crippen molar-refractivity contribution in [2.45, 2.75) is 78.1 Å². The molecule has 158 valence electrons. The standard InChI is InChI=1S/C24H30Br2S3/c1-3-5-7-9-11-17-15-21(25)28-23(17)19-13-14-20(27-19)24-18(16-22(26)29-24)12-10-8-6-4-2/h13-16H,3-12H2,1-2H3. The molecule has 0 fully saturated rings. The molecule has 0 bridgehead atoms. The van der Waals surface area contributed by atoms with Crippen molar-refractivity contribution >= 4 is 65.9 Å². The molecule has 0 amide bonds. The highest BCUT2D eigenvalue weighted by atomic mass is 79.9. The van der Waals surface area contributed by atoms with E-state index in [2.05, 4.69) is 70.0 Å². The van der Waals surface area contributed by atoms with Crippen LogP contribution < -0.4 is 0 Å². The minimum Gasteiger partial charge on any atom is -0.133 e. The second-order valence-electron chi connectivity index (χ2n) is 7.59. The van der Waals surface area contributed by atoms with E-state index < -0.39 is 0 Å². The molecule has 5 heteroatoms. The summed E-state index contributed by atoms with van der Waals surface area (Å²) in [5, 5.41) is 0. The van der Waals surface area contributed by atoms with Crippen molar-refractivity contribution < 1.29 is 0 Å². The molecule has 0 aromatic carbocycles. The highest BCUT2D eigenvalue weighted by Crippen LogP contribution is 2.45. The van der Waals surface area contributed by atoms with E-state index in [1.165, 1.54) is 102 Å². The summed E-state index contributed by atoms with van der Waals surface area (Å²) in [5.41, 5.74) is 3.03. The van der Waals surface area contributed by atoms with E-state index in [4.69, 9.17) is 0 Å². The van der Waals surface area contributed by atoms with Crippen molar-refractivity contribution in [2.75, 3.05) is 0 Å². The second-order valence-corrected chi connectivity index (χ2v) is 13.5. The summed E-state index contributed by atoms with van der Waals surface area (Å²) in [4.78, 5) is 5.76. The Morgan fingerprint density at radius 2 is 1.07 bits per heavy atom. The Morgan fingerprint density at radius 3 is 1.48 bits per heavy atom. The summed E-state index contributed by atoms with van der Waals surface area (Å²) >= 11 is 13.2. The van der Waals surface area contributed by atoms with Gasteiger partial charge in [-0.15, -0.1) is 34.0 Å². The van der Waals surface area contributed by atoms with Gasteiger partial charge in [0.25, 0.3) is 0 Å². The van der Waals surface area contributed by atoms with Gasteiger partial charge >= 0.3 is 0 Å². The summed E-state index contributed by atoms with van der Waals surface area (Å²) in [7, 11) is 0. The number of hydrogen-bond donors (Lipinski definition) is 0. The van der Waals surface area contributed by atoms with Crippen molar-refractivity contribution in [3.05, 3.63) is 43.0 Å². The third kappa shape index (κ3) is 6.77. The van der Waals surface area contributed by atoms with Crippen LogP contribution in [0, 0.1) is 0 Å². The molecule has 29 heavy (non-hydrogen) atoms. The van der Waals surface area contributed by atoms with Gasteiger partial charge in [0, 0.05) is 19.5 Å². The fourth-order valence-corrected chi connectivity index (χ4v) is 8.34. The minimum absolute atomic E-state index is 1.19. The molecule has 0 aliphatic carbocycles. The van der Waals surface area contributed by atoms with Crippen molar-refractivity contribution in [1.29, 1.82) is 0 Å². The van der Waals surface area contributed by atoms with Crippen molar-refractivity contribution in [3.8, 4) is 19.5 Å². The summed E-state index contributed by atoms with van der Waals surface area (Å²) in [5.74, 6) is 0. The minimum atomic E-state index is 1.19. The molecule has 0 unspecified atom stereocenters. The predicted octanol–water partition coefficient (Wildman–Crippen LogP) is 11.0. The van der Waals surface area contributed by atoms with Crippen molar-refractivity contribution in [2.24, 2.45) is 0 Å². The number of rotatable bonds is 12. The largest absolute Gasteiger partial charge is 0.133 e. The maximum absolute atomic E-state index is 3.73. The van der Waals surface area contributed by atoms with Crippen molar-refractivity contribution in [3.63, 3.8) is 0 Å². The van der Waals surface area contributed by atoms with E-state index in [0.717, 1.165) is 0 Å². The van der Waals surface area contributed by atoms with Crippen LogP contribution in [0.1, 0.15) is 76.3 Å². The van der Waals surface area contributed by atoms with Crippen LogP contribution in [0.4, 0.5) is 0 Å². The van der Waals surface area contributed by atoms with E-state index in [-0.39, 0.29) is 0 Å². The molecule has 3 heterocycles. The van der Waals surface area contributed by atoms with Gasteiger partial charge in [-0.3, -0.25) is 0 Å². The van der Waals surface area contributed by atoms with Gasteiger partial charge < -0.3 is 0 Å². The Balaban J connectivity index is 1.76. The van der Waals surface area contributed by atoms with Gasteiger partial charge in [0.1, 0.15) is 0 Å². The molecule has 0 spiro atoms. The highest BCUT2D eigenvalue weighted by Gasteiger charge is 2.16. The van der Waals surface area contributed by atoms with Gasteiger partial charge in [-0.1, -0.05) is 52.4 Å². The average molecular weight is 575 g/mol. The zero-order valence-electron chi connectivity index (χ0n) is 17.4. The molecule has 0 aliphatic heterocycles. The first-order valence-electron chi connectivity index (χ1n) is 10.8. The maximum Gasteiger partial charge on any atom is 0.0708 e. The van der Waals surface area contributed by atoms with E-state index in [9.17, 15) is 0 Å². The Morgan fingerprint density at radius 1 is 0.621 bits per heavy atom. The van der Waals surface area contributed by atoms with E-state index >= 15 is 0 Å². The van der Waals surface area contributed by atoms with Gasteiger partial charge in [0.05, 0.1) is 7.57 Å². The molecular formula is C24H30Br2S3. The molecule has 0 radical (unpaired) electrons. The van der Waals surface area contributed by atoms with E-state index in [0.29, 0.717) is 0 Å². The molecule has 0 aliphatic rings. The van der Waals surface area contributed by atoms with Crippen LogP contribution in [0.15, 0.2) is 31.8 Å². The predicted molar refractivity (Wildman–Crippen MR) is 142 cm³/mol. The molecule has 3 rings (SSSR count). The fourth-order valence-electron chi connectivity index (χ4n) is 3.64. The van der Waals surface area contributed by atoms with Gasteiger partial charge in [-0.2, -0.15) is 0 Å². The first kappa shape index (κ1) is 23.7. The maximum atomic E-state index is 3.73. The lowest BCUT2D eigenvalue weighted by molar-refractivity contribution is 0.668. The quantitative estimate of drug-likeness (QED) is 0.189. The number of thiophene rings is 3. The second kappa shape index (κ2) is 12.2. The SMILES string of the molecule is CCCCCCc1cc(Br)sc1-c1ccc(-c2sc(Br)cc2CCCCCC)s1. The van der Waals surface area contributed by atoms with Crippen LogP contribution in [0.5, 0.6) is 0 Å². The van der Waals surface area contributed by atoms with Crippen LogP contribution in [-0.4, -0.2) is 0 Å². The Hall–Kier alpha value is 0.0600. The first-order valence-corrected chi connectivity index (χ1v) is 14.8. The van der Waals surface area contributed by atoms with Gasteiger partial charge in [0.15, 0.2) is 0 Å². The Kier molecular flexibility index (Phi) is 9.97. The molecular weight excluding hydrogens is 544 g/mol. The van der Waals surface area contributed by atoms with Gasteiger partial charge in [-0.05, 0) is 92.9 Å². The molecule has 0 N–H and O–H groups in total. The zero-order valence-corrected chi connectivity index (χ0v) is 23.0. The summed E-state index contributed by atoms with van der Waals surface area (Å²) in [6, 6.07) is 9.35. The number of aryl methyl sites for hydroxylation is 2. The fraction of sp³-hybridized carbons (Fsp3) is 0.500. The van der Waals surface area contributed by atoms with Crippen LogP contribution >= 0.6 is 65.9 Å². The van der Waals surface area contributed by atoms with Crippen LogP contribution in [-0.2, 0) is 12.8 Å². The first-order chi connectivity index (χ1) is 14.1.